The summed E-state index contributed by atoms with van der Waals surface area (Å²) in [6.07, 6.45) is 1.61. The van der Waals surface area contributed by atoms with Crippen LogP contribution in [0.15, 0.2) is 18.3 Å². The van der Waals surface area contributed by atoms with E-state index in [1.165, 1.54) is 0 Å². The first-order chi connectivity index (χ1) is 6.77. The maximum absolute atomic E-state index is 11.2. The highest BCUT2D eigenvalue weighted by Crippen LogP contribution is 2.03. The minimum Gasteiger partial charge on any atom is -0.377 e. The van der Waals surface area contributed by atoms with Gasteiger partial charge in [0.2, 0.25) is 0 Å². The van der Waals surface area contributed by atoms with Gasteiger partial charge in [-0.1, -0.05) is 0 Å². The third-order valence-corrected chi connectivity index (χ3v) is 1.76. The van der Waals surface area contributed by atoms with Crippen molar-refractivity contribution >= 4 is 5.91 Å². The van der Waals surface area contributed by atoms with E-state index in [9.17, 15) is 4.79 Å². The Morgan fingerprint density at radius 3 is 3.07 bits per heavy atom. The van der Waals surface area contributed by atoms with Gasteiger partial charge in [0.05, 0.1) is 6.61 Å². The van der Waals surface area contributed by atoms with Crippen LogP contribution in [0.4, 0.5) is 0 Å². The molecule has 0 saturated carbocycles. The molecular weight excluding hydrogens is 180 g/mol. The normalized spacial score (nSPS) is 9.86. The molecule has 0 aliphatic rings. The zero-order chi connectivity index (χ0) is 10.4. The van der Waals surface area contributed by atoms with E-state index in [1.807, 2.05) is 13.0 Å². The van der Waals surface area contributed by atoms with E-state index in [-0.39, 0.29) is 5.91 Å². The highest BCUT2D eigenvalue weighted by molar-refractivity contribution is 5.92. The van der Waals surface area contributed by atoms with Crippen molar-refractivity contribution in [3.8, 4) is 0 Å². The molecule has 0 atom stereocenters. The number of carbonyl (C=O) groups excluding carboxylic acids is 1. The maximum atomic E-state index is 11.2. The lowest BCUT2D eigenvalue weighted by Crippen LogP contribution is -2.19. The molecule has 0 aliphatic heterocycles. The Kier molecular flexibility index (Phi) is 4.07. The van der Waals surface area contributed by atoms with Crippen molar-refractivity contribution in [3.63, 3.8) is 0 Å². The predicted molar refractivity (Wildman–Crippen MR) is 53.0 cm³/mol. The average molecular weight is 194 g/mol. The van der Waals surface area contributed by atoms with Crippen LogP contribution in [0.25, 0.3) is 0 Å². The van der Waals surface area contributed by atoms with E-state index in [0.717, 1.165) is 5.56 Å². The quantitative estimate of drug-likeness (QED) is 0.777. The van der Waals surface area contributed by atoms with Gasteiger partial charge in [-0.05, 0) is 24.6 Å². The van der Waals surface area contributed by atoms with E-state index in [4.69, 9.17) is 4.74 Å². The molecule has 76 valence electrons. The number of hydrogen-bond donors (Lipinski definition) is 1. The summed E-state index contributed by atoms with van der Waals surface area (Å²) >= 11 is 0. The van der Waals surface area contributed by atoms with Gasteiger partial charge in [0.15, 0.2) is 0 Å². The van der Waals surface area contributed by atoms with Gasteiger partial charge in [-0.2, -0.15) is 0 Å². The molecule has 0 radical (unpaired) electrons. The Morgan fingerprint density at radius 2 is 2.43 bits per heavy atom. The Bertz CT molecular complexity index is 313. The van der Waals surface area contributed by atoms with Crippen LogP contribution in [0.5, 0.6) is 0 Å². The molecule has 0 unspecified atom stereocenters. The Hall–Kier alpha value is -1.42. The summed E-state index contributed by atoms with van der Waals surface area (Å²) in [5.74, 6) is -0.177. The monoisotopic (exact) mass is 194 g/mol. The summed E-state index contributed by atoms with van der Waals surface area (Å²) in [4.78, 5) is 15.2. The number of aromatic nitrogens is 1. The van der Waals surface area contributed by atoms with Crippen molar-refractivity contribution in [1.29, 1.82) is 0 Å². The van der Waals surface area contributed by atoms with Crippen LogP contribution in [-0.4, -0.2) is 24.5 Å². The molecule has 0 spiro atoms. The standard InChI is InChI=1S/C10H14N2O2/c1-3-14-7-8-4-5-12-9(6-8)10(13)11-2/h4-6H,3,7H2,1-2H3,(H,11,13). The molecule has 1 aromatic rings. The van der Waals surface area contributed by atoms with Crippen LogP contribution in [-0.2, 0) is 11.3 Å². The van der Waals surface area contributed by atoms with E-state index in [0.29, 0.717) is 18.9 Å². The fourth-order valence-electron chi connectivity index (χ4n) is 1.04. The molecule has 1 rings (SSSR count). The van der Waals surface area contributed by atoms with Gasteiger partial charge in [0, 0.05) is 19.9 Å². The predicted octanol–water partition coefficient (Wildman–Crippen LogP) is 0.978. The van der Waals surface area contributed by atoms with Crippen LogP contribution in [0.3, 0.4) is 0 Å². The summed E-state index contributed by atoms with van der Waals surface area (Å²) in [6.45, 7) is 3.11. The molecule has 14 heavy (non-hydrogen) atoms. The molecule has 0 saturated heterocycles. The van der Waals surface area contributed by atoms with Crippen LogP contribution in [0, 0.1) is 0 Å². The van der Waals surface area contributed by atoms with Gasteiger partial charge in [0.1, 0.15) is 5.69 Å². The molecule has 1 aromatic heterocycles. The molecule has 0 bridgehead atoms. The second kappa shape index (κ2) is 5.34. The molecule has 1 amide bonds. The lowest BCUT2D eigenvalue weighted by Gasteiger charge is -2.03. The highest BCUT2D eigenvalue weighted by Gasteiger charge is 2.04. The lowest BCUT2D eigenvalue weighted by molar-refractivity contribution is 0.0957. The third-order valence-electron chi connectivity index (χ3n) is 1.76. The molecule has 0 fully saturated rings. The van der Waals surface area contributed by atoms with E-state index in [1.54, 1.807) is 19.3 Å². The zero-order valence-electron chi connectivity index (χ0n) is 8.41. The largest absolute Gasteiger partial charge is 0.377 e. The second-order valence-corrected chi connectivity index (χ2v) is 2.77. The lowest BCUT2D eigenvalue weighted by atomic mass is 10.2. The maximum Gasteiger partial charge on any atom is 0.269 e. The number of amides is 1. The minimum absolute atomic E-state index is 0.177. The van der Waals surface area contributed by atoms with Crippen molar-refractivity contribution in [2.45, 2.75) is 13.5 Å². The van der Waals surface area contributed by atoms with E-state index < -0.39 is 0 Å². The molecule has 4 heteroatoms. The minimum atomic E-state index is -0.177. The highest BCUT2D eigenvalue weighted by atomic mass is 16.5. The number of nitrogens with zero attached hydrogens (tertiary/aromatic N) is 1. The molecule has 0 aromatic carbocycles. The summed E-state index contributed by atoms with van der Waals surface area (Å²) in [6, 6.07) is 3.57. The molecule has 1 heterocycles. The van der Waals surface area contributed by atoms with Gasteiger partial charge in [0.25, 0.3) is 5.91 Å². The molecule has 4 nitrogen and oxygen atoms in total. The SMILES string of the molecule is CCOCc1ccnc(C(=O)NC)c1. The Balaban J connectivity index is 2.73. The van der Waals surface area contributed by atoms with Gasteiger partial charge in [-0.15, -0.1) is 0 Å². The number of carbonyl (C=O) groups is 1. The van der Waals surface area contributed by atoms with Crippen molar-refractivity contribution in [3.05, 3.63) is 29.6 Å². The first kappa shape index (κ1) is 10.7. The van der Waals surface area contributed by atoms with Gasteiger partial charge >= 0.3 is 0 Å². The summed E-state index contributed by atoms with van der Waals surface area (Å²) in [5, 5.41) is 2.52. The fourth-order valence-corrected chi connectivity index (χ4v) is 1.04. The van der Waals surface area contributed by atoms with Gasteiger partial charge in [-0.3, -0.25) is 9.78 Å². The number of rotatable bonds is 4. The third kappa shape index (κ3) is 2.81. The second-order valence-electron chi connectivity index (χ2n) is 2.77. The van der Waals surface area contributed by atoms with Crippen LogP contribution in [0.1, 0.15) is 23.0 Å². The zero-order valence-corrected chi connectivity index (χ0v) is 8.41. The smallest absolute Gasteiger partial charge is 0.269 e. The molecule has 1 N–H and O–H groups in total. The summed E-state index contributed by atoms with van der Waals surface area (Å²) in [5.41, 5.74) is 1.38. The van der Waals surface area contributed by atoms with Crippen molar-refractivity contribution in [2.24, 2.45) is 0 Å². The fraction of sp³-hybridized carbons (Fsp3) is 0.400. The van der Waals surface area contributed by atoms with Crippen LogP contribution < -0.4 is 5.32 Å². The average Bonchev–Trinajstić information content (AvgIpc) is 2.25. The van der Waals surface area contributed by atoms with Crippen molar-refractivity contribution in [1.82, 2.24) is 10.3 Å². The van der Waals surface area contributed by atoms with Crippen LogP contribution in [0.2, 0.25) is 0 Å². The van der Waals surface area contributed by atoms with Crippen molar-refractivity contribution < 1.29 is 9.53 Å². The molecule has 0 aliphatic carbocycles. The van der Waals surface area contributed by atoms with Crippen LogP contribution >= 0.6 is 0 Å². The first-order valence-corrected chi connectivity index (χ1v) is 4.52. The topological polar surface area (TPSA) is 51.2 Å². The Labute approximate surface area is 83.3 Å². The number of pyridine rings is 1. The Morgan fingerprint density at radius 1 is 1.64 bits per heavy atom. The van der Waals surface area contributed by atoms with Gasteiger partial charge < -0.3 is 10.1 Å². The van der Waals surface area contributed by atoms with Crippen molar-refractivity contribution in [2.75, 3.05) is 13.7 Å². The number of ether oxygens (including phenoxy) is 1. The molecular formula is C10H14N2O2. The first-order valence-electron chi connectivity index (χ1n) is 4.52. The van der Waals surface area contributed by atoms with E-state index >= 15 is 0 Å². The summed E-state index contributed by atoms with van der Waals surface area (Å²) < 4.78 is 5.23. The number of nitrogens with one attached hydrogen (secondary N) is 1. The number of hydrogen-bond acceptors (Lipinski definition) is 3. The van der Waals surface area contributed by atoms with Gasteiger partial charge in [-0.25, -0.2) is 0 Å². The van der Waals surface area contributed by atoms with E-state index in [2.05, 4.69) is 10.3 Å². The summed E-state index contributed by atoms with van der Waals surface area (Å²) in [7, 11) is 1.58.